The van der Waals surface area contributed by atoms with Crippen LogP contribution in [0.5, 0.6) is 5.75 Å². The molecule has 0 unspecified atom stereocenters. The maximum Gasteiger partial charge on any atom is 0.258 e. The van der Waals surface area contributed by atoms with Gasteiger partial charge in [-0.05, 0) is 40.8 Å². The molecule has 0 saturated carbocycles. The second-order valence-corrected chi connectivity index (χ2v) is 5.08. The second kappa shape index (κ2) is 5.53. The minimum atomic E-state index is -0.0734. The Morgan fingerprint density at radius 2 is 2.04 bits per heavy atom. The maximum absolute atomic E-state index is 12.9. The molecule has 7 heteroatoms. The quantitative estimate of drug-likeness (QED) is 0.720. The predicted octanol–water partition coefficient (Wildman–Crippen LogP) is 1.70. The van der Waals surface area contributed by atoms with Crippen LogP contribution in [0.25, 0.3) is 5.69 Å². The summed E-state index contributed by atoms with van der Waals surface area (Å²) in [6.45, 7) is 1.00. The van der Waals surface area contributed by atoms with Gasteiger partial charge in [-0.15, -0.1) is 5.10 Å². The van der Waals surface area contributed by atoms with E-state index in [2.05, 4.69) is 15.5 Å². The molecule has 1 aliphatic rings. The molecule has 1 amide bonds. The maximum atomic E-state index is 12.9. The molecule has 2 aromatic carbocycles. The molecule has 7 nitrogen and oxygen atoms in total. The fourth-order valence-electron chi connectivity index (χ4n) is 2.60. The van der Waals surface area contributed by atoms with Gasteiger partial charge in [0.1, 0.15) is 18.7 Å². The molecule has 1 aliphatic heterocycles. The van der Waals surface area contributed by atoms with E-state index in [4.69, 9.17) is 4.74 Å². The highest BCUT2D eigenvalue weighted by Crippen LogP contribution is 2.32. The predicted molar refractivity (Wildman–Crippen MR) is 82.8 cm³/mol. The zero-order valence-electron chi connectivity index (χ0n) is 12.2. The Kier molecular flexibility index (Phi) is 3.23. The molecule has 4 rings (SSSR count). The summed E-state index contributed by atoms with van der Waals surface area (Å²) in [7, 11) is 0. The van der Waals surface area contributed by atoms with Crippen LogP contribution in [-0.4, -0.2) is 39.3 Å². The van der Waals surface area contributed by atoms with Gasteiger partial charge in [0.25, 0.3) is 5.91 Å². The van der Waals surface area contributed by atoms with Crippen LogP contribution in [0.15, 0.2) is 54.9 Å². The highest BCUT2D eigenvalue weighted by molar-refractivity contribution is 6.07. The van der Waals surface area contributed by atoms with Crippen molar-refractivity contribution in [1.82, 2.24) is 20.2 Å². The van der Waals surface area contributed by atoms with Gasteiger partial charge < -0.3 is 9.64 Å². The Bertz CT molecular complexity index is 847. The number of carbonyl (C=O) groups is 1. The number of nitrogens with zero attached hydrogens (tertiary/aromatic N) is 5. The number of hydrogen-bond donors (Lipinski definition) is 0. The van der Waals surface area contributed by atoms with Crippen LogP contribution in [0, 0.1) is 0 Å². The zero-order valence-corrected chi connectivity index (χ0v) is 12.2. The van der Waals surface area contributed by atoms with Gasteiger partial charge in [0.05, 0.1) is 17.9 Å². The summed E-state index contributed by atoms with van der Waals surface area (Å²) >= 11 is 0. The van der Waals surface area contributed by atoms with Crippen LogP contribution >= 0.6 is 0 Å². The van der Waals surface area contributed by atoms with Crippen molar-refractivity contribution >= 4 is 11.6 Å². The lowest BCUT2D eigenvalue weighted by Gasteiger charge is -2.29. The minimum absolute atomic E-state index is 0.0734. The number of carbonyl (C=O) groups excluding carboxylic acids is 1. The van der Waals surface area contributed by atoms with Crippen LogP contribution in [0.2, 0.25) is 0 Å². The SMILES string of the molecule is O=C(c1cccc(-n2cnnn2)c1)N1CCOc2ccccc21. The number of benzene rings is 2. The molecule has 0 aliphatic carbocycles. The Labute approximate surface area is 132 Å². The third-order valence-corrected chi connectivity index (χ3v) is 3.68. The number of para-hydroxylation sites is 2. The van der Waals surface area contributed by atoms with Gasteiger partial charge in [-0.3, -0.25) is 4.79 Å². The molecule has 2 heterocycles. The van der Waals surface area contributed by atoms with E-state index < -0.39 is 0 Å². The first-order valence-electron chi connectivity index (χ1n) is 7.20. The summed E-state index contributed by atoms with van der Waals surface area (Å²) in [5.41, 5.74) is 2.11. The van der Waals surface area contributed by atoms with E-state index in [-0.39, 0.29) is 5.91 Å². The summed E-state index contributed by atoms with van der Waals surface area (Å²) in [5, 5.41) is 11.1. The van der Waals surface area contributed by atoms with Crippen LogP contribution in [0.1, 0.15) is 10.4 Å². The number of rotatable bonds is 2. The molecule has 0 atom stereocenters. The summed E-state index contributed by atoms with van der Waals surface area (Å²) in [5.74, 6) is 0.652. The van der Waals surface area contributed by atoms with E-state index >= 15 is 0 Å². The van der Waals surface area contributed by atoms with Gasteiger partial charge in [-0.25, -0.2) is 4.68 Å². The van der Waals surface area contributed by atoms with Crippen LogP contribution < -0.4 is 9.64 Å². The lowest BCUT2D eigenvalue weighted by atomic mass is 10.1. The van der Waals surface area contributed by atoms with Gasteiger partial charge in [0, 0.05) is 5.56 Å². The smallest absolute Gasteiger partial charge is 0.258 e. The van der Waals surface area contributed by atoms with E-state index in [1.165, 1.54) is 11.0 Å². The molecular formula is C16H13N5O2. The summed E-state index contributed by atoms with van der Waals surface area (Å²) in [6.07, 6.45) is 1.49. The topological polar surface area (TPSA) is 73.1 Å². The lowest BCUT2D eigenvalue weighted by Crippen LogP contribution is -2.37. The molecule has 0 radical (unpaired) electrons. The van der Waals surface area contributed by atoms with Crippen molar-refractivity contribution < 1.29 is 9.53 Å². The van der Waals surface area contributed by atoms with E-state index in [1.807, 2.05) is 36.4 Å². The lowest BCUT2D eigenvalue weighted by molar-refractivity contribution is 0.0976. The van der Waals surface area contributed by atoms with Gasteiger partial charge >= 0.3 is 0 Å². The van der Waals surface area contributed by atoms with Gasteiger partial charge in [0.15, 0.2) is 0 Å². The third kappa shape index (κ3) is 2.42. The van der Waals surface area contributed by atoms with Crippen molar-refractivity contribution in [3.8, 4) is 11.4 Å². The molecule has 0 spiro atoms. The Balaban J connectivity index is 1.69. The number of tetrazole rings is 1. The average molecular weight is 307 g/mol. The van der Waals surface area contributed by atoms with Crippen molar-refractivity contribution in [2.24, 2.45) is 0 Å². The molecule has 114 valence electrons. The molecular weight excluding hydrogens is 294 g/mol. The van der Waals surface area contributed by atoms with Crippen LogP contribution in [0.4, 0.5) is 5.69 Å². The standard InChI is InChI=1S/C16H13N5O2/c22-16(20-8-9-23-15-7-2-1-6-14(15)20)12-4-3-5-13(10-12)21-11-17-18-19-21/h1-7,10-11H,8-9H2. The molecule has 0 saturated heterocycles. The number of fused-ring (bicyclic) bond motifs is 1. The fraction of sp³-hybridized carbons (Fsp3) is 0.125. The molecule has 0 N–H and O–H groups in total. The van der Waals surface area contributed by atoms with E-state index in [0.717, 1.165) is 17.1 Å². The van der Waals surface area contributed by atoms with Crippen LogP contribution in [0.3, 0.4) is 0 Å². The first-order chi connectivity index (χ1) is 11.3. The summed E-state index contributed by atoms with van der Waals surface area (Å²) in [4.78, 5) is 14.6. The van der Waals surface area contributed by atoms with E-state index in [1.54, 1.807) is 17.0 Å². The monoisotopic (exact) mass is 307 g/mol. The number of hydrogen-bond acceptors (Lipinski definition) is 5. The molecule has 0 fully saturated rings. The van der Waals surface area contributed by atoms with Gasteiger partial charge in [0.2, 0.25) is 0 Å². The Morgan fingerprint density at radius 3 is 2.91 bits per heavy atom. The number of ether oxygens (including phenoxy) is 1. The van der Waals surface area contributed by atoms with Crippen molar-refractivity contribution in [3.63, 3.8) is 0 Å². The van der Waals surface area contributed by atoms with Gasteiger partial charge in [-0.1, -0.05) is 18.2 Å². The Hall–Kier alpha value is -3.22. The van der Waals surface area contributed by atoms with Crippen LogP contribution in [-0.2, 0) is 0 Å². The largest absolute Gasteiger partial charge is 0.490 e. The van der Waals surface area contributed by atoms with Crippen molar-refractivity contribution in [2.45, 2.75) is 0 Å². The Morgan fingerprint density at radius 1 is 1.13 bits per heavy atom. The highest BCUT2D eigenvalue weighted by atomic mass is 16.5. The molecule has 1 aromatic heterocycles. The van der Waals surface area contributed by atoms with Crippen molar-refractivity contribution in [3.05, 3.63) is 60.4 Å². The summed E-state index contributed by atoms with van der Waals surface area (Å²) in [6, 6.07) is 14.8. The highest BCUT2D eigenvalue weighted by Gasteiger charge is 2.24. The summed E-state index contributed by atoms with van der Waals surface area (Å²) < 4.78 is 7.12. The number of amides is 1. The zero-order chi connectivity index (χ0) is 15.6. The average Bonchev–Trinajstić information content (AvgIpc) is 3.15. The van der Waals surface area contributed by atoms with E-state index in [9.17, 15) is 4.79 Å². The van der Waals surface area contributed by atoms with Crippen molar-refractivity contribution in [2.75, 3.05) is 18.1 Å². The van der Waals surface area contributed by atoms with Gasteiger partial charge in [-0.2, -0.15) is 0 Å². The molecule has 0 bridgehead atoms. The molecule has 23 heavy (non-hydrogen) atoms. The first kappa shape index (κ1) is 13.4. The number of aromatic nitrogens is 4. The minimum Gasteiger partial charge on any atom is -0.490 e. The molecule has 3 aromatic rings. The third-order valence-electron chi connectivity index (χ3n) is 3.68. The van der Waals surface area contributed by atoms with E-state index in [0.29, 0.717) is 18.7 Å². The second-order valence-electron chi connectivity index (χ2n) is 5.08. The normalized spacial score (nSPS) is 13.3. The van der Waals surface area contributed by atoms with Crippen molar-refractivity contribution in [1.29, 1.82) is 0 Å². The number of anilines is 1. The fourth-order valence-corrected chi connectivity index (χ4v) is 2.60. The first-order valence-corrected chi connectivity index (χ1v) is 7.20.